The Morgan fingerprint density at radius 3 is 2.76 bits per heavy atom. The lowest BCUT2D eigenvalue weighted by Gasteiger charge is -2.10. The van der Waals surface area contributed by atoms with Crippen molar-refractivity contribution in [1.29, 1.82) is 0 Å². The van der Waals surface area contributed by atoms with Crippen molar-refractivity contribution < 1.29 is 24.1 Å². The van der Waals surface area contributed by atoms with Gasteiger partial charge >= 0.3 is 5.97 Å². The van der Waals surface area contributed by atoms with Crippen LogP contribution in [-0.2, 0) is 11.2 Å². The van der Waals surface area contributed by atoms with E-state index in [2.05, 4.69) is 15.9 Å². The fourth-order valence-corrected chi connectivity index (χ4v) is 2.06. The van der Waals surface area contributed by atoms with Crippen LogP contribution in [-0.4, -0.2) is 23.3 Å². The molecule has 0 amide bonds. The molecule has 0 aliphatic carbocycles. The number of carboxylic acid groups (broad SMARTS) is 1. The fraction of sp³-hybridized carbons (Fsp3) is 0.364. The minimum atomic E-state index is -0.919. The van der Waals surface area contributed by atoms with Crippen molar-refractivity contribution in [1.82, 2.24) is 0 Å². The van der Waals surface area contributed by atoms with Crippen molar-refractivity contribution in [2.45, 2.75) is 19.3 Å². The third kappa shape index (κ3) is 3.33. The lowest BCUT2D eigenvalue weighted by atomic mass is 10.1. The van der Waals surface area contributed by atoms with E-state index in [0.29, 0.717) is 16.5 Å². The highest BCUT2D eigenvalue weighted by molar-refractivity contribution is 9.10. The zero-order valence-electron chi connectivity index (χ0n) is 9.17. The molecule has 0 saturated heterocycles. The molecule has 1 aromatic carbocycles. The second kappa shape index (κ2) is 5.86. The molecule has 0 aliphatic rings. The Hall–Kier alpha value is -1.30. The van der Waals surface area contributed by atoms with Gasteiger partial charge in [-0.25, -0.2) is 0 Å². The Labute approximate surface area is 106 Å². The van der Waals surface area contributed by atoms with Crippen molar-refractivity contribution >= 4 is 21.9 Å². The molecular formula is C11H12BrFO4. The molecular weight excluding hydrogens is 295 g/mol. The van der Waals surface area contributed by atoms with Crippen molar-refractivity contribution in [2.24, 2.45) is 0 Å². The lowest BCUT2D eigenvalue weighted by Crippen LogP contribution is -1.98. The molecule has 0 aliphatic heterocycles. The largest absolute Gasteiger partial charge is 0.505 e. The van der Waals surface area contributed by atoms with E-state index < -0.39 is 17.5 Å². The van der Waals surface area contributed by atoms with Crippen LogP contribution in [0.3, 0.4) is 0 Å². The summed E-state index contributed by atoms with van der Waals surface area (Å²) in [7, 11) is 1.30. The van der Waals surface area contributed by atoms with Gasteiger partial charge in [0.25, 0.3) is 0 Å². The standard InChI is InChI=1S/C11H12BrFO4/c1-17-11-7(12)5-6(10(16)9(11)13)3-2-4-8(14)15/h5,16H,2-4H2,1H3,(H,14,15). The highest BCUT2D eigenvalue weighted by Crippen LogP contribution is 2.37. The van der Waals surface area contributed by atoms with Gasteiger partial charge < -0.3 is 14.9 Å². The van der Waals surface area contributed by atoms with Crippen molar-refractivity contribution in [2.75, 3.05) is 7.11 Å². The molecule has 1 aromatic rings. The van der Waals surface area contributed by atoms with E-state index in [0.717, 1.165) is 0 Å². The second-order valence-electron chi connectivity index (χ2n) is 3.46. The van der Waals surface area contributed by atoms with E-state index >= 15 is 0 Å². The van der Waals surface area contributed by atoms with Crippen molar-refractivity contribution in [3.63, 3.8) is 0 Å². The van der Waals surface area contributed by atoms with E-state index in [-0.39, 0.29) is 18.6 Å². The molecule has 0 radical (unpaired) electrons. The molecule has 4 nitrogen and oxygen atoms in total. The molecule has 0 unspecified atom stereocenters. The summed E-state index contributed by atoms with van der Waals surface area (Å²) in [5, 5.41) is 18.1. The fourth-order valence-electron chi connectivity index (χ4n) is 1.45. The van der Waals surface area contributed by atoms with Gasteiger partial charge in [0, 0.05) is 6.42 Å². The van der Waals surface area contributed by atoms with Gasteiger partial charge in [-0.1, -0.05) is 0 Å². The number of methoxy groups -OCH3 is 1. The zero-order chi connectivity index (χ0) is 13.0. The Balaban J connectivity index is 2.90. The minimum Gasteiger partial charge on any atom is -0.505 e. The number of aromatic hydroxyl groups is 1. The predicted octanol–water partition coefficient (Wildman–Crippen LogP) is 2.71. The number of phenols is 1. The van der Waals surface area contributed by atoms with Crippen molar-refractivity contribution in [3.05, 3.63) is 21.9 Å². The van der Waals surface area contributed by atoms with Gasteiger partial charge in [-0.3, -0.25) is 4.79 Å². The van der Waals surface area contributed by atoms with Gasteiger partial charge in [-0.05, 0) is 40.4 Å². The average Bonchev–Trinajstić information content (AvgIpc) is 2.25. The summed E-state index contributed by atoms with van der Waals surface area (Å²) in [6.45, 7) is 0. The summed E-state index contributed by atoms with van der Waals surface area (Å²) in [5.74, 6) is -2.32. The molecule has 2 N–H and O–H groups in total. The van der Waals surface area contributed by atoms with Gasteiger partial charge in [-0.15, -0.1) is 0 Å². The number of benzene rings is 1. The predicted molar refractivity (Wildman–Crippen MR) is 62.9 cm³/mol. The molecule has 0 fully saturated rings. The number of phenolic OH excluding ortho intramolecular Hbond substituents is 1. The number of ether oxygens (including phenoxy) is 1. The number of rotatable bonds is 5. The minimum absolute atomic E-state index is 0.0231. The summed E-state index contributed by atoms with van der Waals surface area (Å²) < 4.78 is 18.8. The monoisotopic (exact) mass is 306 g/mol. The van der Waals surface area contributed by atoms with Crippen LogP contribution in [0.2, 0.25) is 0 Å². The van der Waals surface area contributed by atoms with E-state index in [1.165, 1.54) is 13.2 Å². The molecule has 0 heterocycles. The van der Waals surface area contributed by atoms with Crippen molar-refractivity contribution in [3.8, 4) is 11.5 Å². The smallest absolute Gasteiger partial charge is 0.303 e. The first-order valence-electron chi connectivity index (χ1n) is 4.93. The average molecular weight is 307 g/mol. The van der Waals surface area contributed by atoms with E-state index in [1.54, 1.807) is 0 Å². The SMILES string of the molecule is COc1c(Br)cc(CCCC(=O)O)c(O)c1F. The highest BCUT2D eigenvalue weighted by Gasteiger charge is 2.17. The van der Waals surface area contributed by atoms with Crippen LogP contribution in [0.5, 0.6) is 11.5 Å². The Morgan fingerprint density at radius 1 is 1.59 bits per heavy atom. The van der Waals surface area contributed by atoms with Crippen LogP contribution < -0.4 is 4.74 Å². The van der Waals surface area contributed by atoms with E-state index in [1.807, 2.05) is 0 Å². The third-order valence-corrected chi connectivity index (χ3v) is 2.86. The summed E-state index contributed by atoms with van der Waals surface area (Å²) >= 11 is 3.12. The van der Waals surface area contributed by atoms with E-state index in [4.69, 9.17) is 9.84 Å². The van der Waals surface area contributed by atoms with Crippen LogP contribution in [0.4, 0.5) is 4.39 Å². The zero-order valence-corrected chi connectivity index (χ0v) is 10.8. The maximum atomic E-state index is 13.6. The number of hydrogen-bond donors (Lipinski definition) is 2. The Kier molecular flexibility index (Phi) is 4.74. The highest BCUT2D eigenvalue weighted by atomic mass is 79.9. The summed E-state index contributed by atoms with van der Waals surface area (Å²) in [6.07, 6.45) is 0.601. The first kappa shape index (κ1) is 13.8. The van der Waals surface area contributed by atoms with Crippen LogP contribution in [0.25, 0.3) is 0 Å². The van der Waals surface area contributed by atoms with Crippen LogP contribution in [0, 0.1) is 5.82 Å². The molecule has 94 valence electrons. The summed E-state index contributed by atoms with van der Waals surface area (Å²) in [6, 6.07) is 1.53. The first-order valence-corrected chi connectivity index (χ1v) is 5.72. The quantitative estimate of drug-likeness (QED) is 0.878. The first-order chi connectivity index (χ1) is 7.97. The van der Waals surface area contributed by atoms with Gasteiger partial charge in [-0.2, -0.15) is 4.39 Å². The number of carbonyl (C=O) groups is 1. The van der Waals surface area contributed by atoms with Crippen LogP contribution in [0.1, 0.15) is 18.4 Å². The molecule has 0 atom stereocenters. The van der Waals surface area contributed by atoms with Gasteiger partial charge in [0.1, 0.15) is 0 Å². The van der Waals surface area contributed by atoms with Crippen LogP contribution >= 0.6 is 15.9 Å². The number of halogens is 2. The van der Waals surface area contributed by atoms with Crippen LogP contribution in [0.15, 0.2) is 10.5 Å². The normalized spacial score (nSPS) is 10.3. The number of aryl methyl sites for hydroxylation is 1. The molecule has 0 bridgehead atoms. The third-order valence-electron chi connectivity index (χ3n) is 2.27. The van der Waals surface area contributed by atoms with Gasteiger partial charge in [0.2, 0.25) is 5.82 Å². The molecule has 0 saturated carbocycles. The van der Waals surface area contributed by atoms with Gasteiger partial charge in [0.15, 0.2) is 11.5 Å². The Bertz CT molecular complexity index is 434. The number of aliphatic carboxylic acids is 1. The molecule has 6 heteroatoms. The topological polar surface area (TPSA) is 66.8 Å². The van der Waals surface area contributed by atoms with E-state index in [9.17, 15) is 14.3 Å². The molecule has 1 rings (SSSR count). The lowest BCUT2D eigenvalue weighted by molar-refractivity contribution is -0.137. The number of hydrogen-bond acceptors (Lipinski definition) is 3. The summed E-state index contributed by atoms with van der Waals surface area (Å²) in [4.78, 5) is 10.3. The second-order valence-corrected chi connectivity index (χ2v) is 4.31. The molecule has 0 aromatic heterocycles. The number of carboxylic acids is 1. The molecule has 0 spiro atoms. The molecule has 17 heavy (non-hydrogen) atoms. The Morgan fingerprint density at radius 2 is 2.24 bits per heavy atom. The van der Waals surface area contributed by atoms with Gasteiger partial charge in [0.05, 0.1) is 11.6 Å². The maximum absolute atomic E-state index is 13.6. The maximum Gasteiger partial charge on any atom is 0.303 e. The summed E-state index contributed by atoms with van der Waals surface area (Å²) in [5.41, 5.74) is 0.358.